The van der Waals surface area contributed by atoms with Gasteiger partial charge in [-0.3, -0.25) is 0 Å². The second kappa shape index (κ2) is 2.91. The lowest BCUT2D eigenvalue weighted by atomic mass is 9.71. The molecule has 5 aliphatic rings. The molecule has 0 heterocycles. The molecule has 0 amide bonds. The third kappa shape index (κ3) is 0.986. The molecule has 0 aliphatic heterocycles. The molecule has 5 aliphatic carbocycles. The summed E-state index contributed by atoms with van der Waals surface area (Å²) in [5.41, 5.74) is 0. The van der Waals surface area contributed by atoms with Crippen LogP contribution in [0, 0.1) is 47.3 Å². The number of aliphatic hydroxyl groups is 2. The largest absolute Gasteiger partial charge is 0.393 e. The zero-order valence-electron chi connectivity index (χ0n) is 10.2. The van der Waals surface area contributed by atoms with Gasteiger partial charge in [-0.1, -0.05) is 0 Å². The van der Waals surface area contributed by atoms with E-state index in [0.717, 1.165) is 48.3 Å². The first-order valence-corrected chi connectivity index (χ1v) is 7.60. The Morgan fingerprint density at radius 3 is 2.12 bits per heavy atom. The van der Waals surface area contributed by atoms with Crippen LogP contribution in [0.25, 0.3) is 0 Å². The summed E-state index contributed by atoms with van der Waals surface area (Å²) in [4.78, 5) is 0. The van der Waals surface area contributed by atoms with Gasteiger partial charge in [-0.05, 0) is 79.4 Å². The predicted octanol–water partition coefficient (Wildman–Crippen LogP) is 1.66. The minimum Gasteiger partial charge on any atom is -0.393 e. The van der Waals surface area contributed by atoms with Crippen LogP contribution in [0.1, 0.15) is 32.1 Å². The van der Waals surface area contributed by atoms with Crippen molar-refractivity contribution in [1.82, 2.24) is 0 Å². The Hall–Kier alpha value is -0.0800. The molecule has 4 bridgehead atoms. The molecule has 10 atom stereocenters. The Bertz CT molecular complexity index is 368. The first-order chi connectivity index (χ1) is 8.24. The van der Waals surface area contributed by atoms with Crippen molar-refractivity contribution in [2.24, 2.45) is 47.3 Å². The van der Waals surface area contributed by atoms with E-state index in [9.17, 15) is 10.2 Å². The van der Waals surface area contributed by atoms with E-state index >= 15 is 0 Å². The third-order valence-corrected chi connectivity index (χ3v) is 7.40. The maximum Gasteiger partial charge on any atom is 0.0574 e. The van der Waals surface area contributed by atoms with Gasteiger partial charge in [0, 0.05) is 0 Å². The Morgan fingerprint density at radius 2 is 1.24 bits per heavy atom. The highest BCUT2D eigenvalue weighted by Crippen LogP contribution is 2.70. The van der Waals surface area contributed by atoms with E-state index in [1.165, 1.54) is 19.3 Å². The van der Waals surface area contributed by atoms with Gasteiger partial charge in [0.15, 0.2) is 0 Å². The van der Waals surface area contributed by atoms with E-state index < -0.39 is 0 Å². The highest BCUT2D eigenvalue weighted by molar-refractivity contribution is 5.15. The summed E-state index contributed by atoms with van der Waals surface area (Å²) >= 11 is 0. The average Bonchev–Trinajstić information content (AvgIpc) is 2.95. The van der Waals surface area contributed by atoms with Crippen LogP contribution in [-0.4, -0.2) is 22.4 Å². The van der Waals surface area contributed by atoms with Gasteiger partial charge in [-0.25, -0.2) is 0 Å². The summed E-state index contributed by atoms with van der Waals surface area (Å²) in [7, 11) is 0. The molecule has 2 heteroatoms. The molecule has 5 saturated carbocycles. The fourth-order valence-corrected chi connectivity index (χ4v) is 7.15. The fraction of sp³-hybridized carbons (Fsp3) is 1.00. The van der Waals surface area contributed by atoms with Crippen molar-refractivity contribution >= 4 is 0 Å². The fourth-order valence-electron chi connectivity index (χ4n) is 7.15. The van der Waals surface area contributed by atoms with E-state index in [0.29, 0.717) is 11.8 Å². The van der Waals surface area contributed by atoms with Crippen LogP contribution in [0.5, 0.6) is 0 Å². The van der Waals surface area contributed by atoms with Gasteiger partial charge < -0.3 is 10.2 Å². The smallest absolute Gasteiger partial charge is 0.0574 e. The van der Waals surface area contributed by atoms with Crippen LogP contribution in [0.4, 0.5) is 0 Å². The summed E-state index contributed by atoms with van der Waals surface area (Å²) in [5, 5.41) is 20.2. The molecule has 5 rings (SSSR count). The minimum atomic E-state index is 0.0163. The lowest BCUT2D eigenvalue weighted by Crippen LogP contribution is -2.36. The minimum absolute atomic E-state index is 0.0163. The Balaban J connectivity index is 1.53. The van der Waals surface area contributed by atoms with Crippen LogP contribution in [0.3, 0.4) is 0 Å². The maximum absolute atomic E-state index is 10.2. The Morgan fingerprint density at radius 1 is 0.529 bits per heavy atom. The van der Waals surface area contributed by atoms with Gasteiger partial charge in [-0.15, -0.1) is 0 Å². The standard InChI is InChI=1S/C15H22O2/c16-12-4-7-2-9(12)10-5-8-6-1-11(13(17)3-6)15(8)14(7)10/h6-17H,1-5H2. The monoisotopic (exact) mass is 234 g/mol. The summed E-state index contributed by atoms with van der Waals surface area (Å²) < 4.78 is 0. The Kier molecular flexibility index (Phi) is 1.68. The SMILES string of the molecule is OC1CC2CC1C1CC3C4CC(O)C(C4)C3C21. The third-order valence-electron chi connectivity index (χ3n) is 7.40. The zero-order chi connectivity index (χ0) is 11.3. The number of fused-ring (bicyclic) bond motifs is 11. The van der Waals surface area contributed by atoms with Crippen molar-refractivity contribution in [3.8, 4) is 0 Å². The van der Waals surface area contributed by atoms with Gasteiger partial charge in [0.25, 0.3) is 0 Å². The molecule has 0 spiro atoms. The molecule has 0 aromatic rings. The topological polar surface area (TPSA) is 40.5 Å². The van der Waals surface area contributed by atoms with E-state index in [-0.39, 0.29) is 12.2 Å². The van der Waals surface area contributed by atoms with Crippen molar-refractivity contribution in [3.05, 3.63) is 0 Å². The van der Waals surface area contributed by atoms with Gasteiger partial charge in [0.05, 0.1) is 12.2 Å². The molecular weight excluding hydrogens is 212 g/mol. The second-order valence-corrected chi connectivity index (χ2v) is 7.64. The van der Waals surface area contributed by atoms with E-state index in [1.807, 2.05) is 0 Å². The van der Waals surface area contributed by atoms with Crippen LogP contribution in [0.2, 0.25) is 0 Å². The van der Waals surface area contributed by atoms with E-state index in [4.69, 9.17) is 0 Å². The quantitative estimate of drug-likeness (QED) is 0.669. The maximum atomic E-state index is 10.2. The number of hydrogen-bond acceptors (Lipinski definition) is 2. The Labute approximate surface area is 102 Å². The summed E-state index contributed by atoms with van der Waals surface area (Å²) in [6.07, 6.45) is 6.20. The lowest BCUT2D eigenvalue weighted by Gasteiger charge is -2.36. The van der Waals surface area contributed by atoms with Gasteiger partial charge in [0.1, 0.15) is 0 Å². The summed E-state index contributed by atoms with van der Waals surface area (Å²) in [6.45, 7) is 0. The highest BCUT2D eigenvalue weighted by Gasteiger charge is 2.66. The first kappa shape index (κ1) is 9.80. The van der Waals surface area contributed by atoms with Crippen LogP contribution in [-0.2, 0) is 0 Å². The number of aliphatic hydroxyl groups excluding tert-OH is 2. The van der Waals surface area contributed by atoms with E-state index in [1.54, 1.807) is 0 Å². The molecule has 0 aromatic heterocycles. The number of rotatable bonds is 0. The van der Waals surface area contributed by atoms with E-state index in [2.05, 4.69) is 0 Å². The molecule has 94 valence electrons. The molecular formula is C15H22O2. The highest BCUT2D eigenvalue weighted by atomic mass is 16.3. The zero-order valence-corrected chi connectivity index (χ0v) is 10.2. The molecule has 10 unspecified atom stereocenters. The van der Waals surface area contributed by atoms with Gasteiger partial charge in [0.2, 0.25) is 0 Å². The summed E-state index contributed by atoms with van der Waals surface area (Å²) in [6, 6.07) is 0. The van der Waals surface area contributed by atoms with Crippen LogP contribution >= 0.6 is 0 Å². The molecule has 5 fully saturated rings. The van der Waals surface area contributed by atoms with Crippen molar-refractivity contribution < 1.29 is 10.2 Å². The second-order valence-electron chi connectivity index (χ2n) is 7.64. The summed E-state index contributed by atoms with van der Waals surface area (Å²) in [5.74, 6) is 6.39. The molecule has 17 heavy (non-hydrogen) atoms. The lowest BCUT2D eigenvalue weighted by molar-refractivity contribution is 0.0192. The molecule has 2 nitrogen and oxygen atoms in total. The molecule has 0 radical (unpaired) electrons. The first-order valence-electron chi connectivity index (χ1n) is 7.60. The van der Waals surface area contributed by atoms with Gasteiger partial charge in [-0.2, -0.15) is 0 Å². The van der Waals surface area contributed by atoms with Gasteiger partial charge >= 0.3 is 0 Å². The van der Waals surface area contributed by atoms with Crippen LogP contribution < -0.4 is 0 Å². The number of hydrogen-bond donors (Lipinski definition) is 2. The van der Waals surface area contributed by atoms with Crippen molar-refractivity contribution in [2.75, 3.05) is 0 Å². The predicted molar refractivity (Wildman–Crippen MR) is 63.0 cm³/mol. The molecule has 0 aromatic carbocycles. The molecule has 2 N–H and O–H groups in total. The van der Waals surface area contributed by atoms with Crippen LogP contribution in [0.15, 0.2) is 0 Å². The molecule has 0 saturated heterocycles. The van der Waals surface area contributed by atoms with Crippen molar-refractivity contribution in [2.45, 2.75) is 44.3 Å². The van der Waals surface area contributed by atoms with Crippen molar-refractivity contribution in [3.63, 3.8) is 0 Å². The normalized spacial score (nSPS) is 70.9. The van der Waals surface area contributed by atoms with Crippen molar-refractivity contribution in [1.29, 1.82) is 0 Å². The average molecular weight is 234 g/mol.